The lowest BCUT2D eigenvalue weighted by Gasteiger charge is -2.05. The Bertz CT molecular complexity index is 354. The average molecular weight is 208 g/mol. The van der Waals surface area contributed by atoms with E-state index in [9.17, 15) is 22.0 Å². The van der Waals surface area contributed by atoms with Crippen molar-refractivity contribution in [3.63, 3.8) is 0 Å². The van der Waals surface area contributed by atoms with E-state index >= 15 is 0 Å². The van der Waals surface area contributed by atoms with Gasteiger partial charge < -0.3 is 0 Å². The van der Waals surface area contributed by atoms with Crippen LogP contribution in [0.2, 0.25) is 0 Å². The maximum atomic E-state index is 12.8. The number of hydrogen-bond acceptors (Lipinski definition) is 0. The summed E-state index contributed by atoms with van der Waals surface area (Å²) in [5.74, 6) is -9.61. The number of halogens is 5. The molecule has 1 rings (SSSR count). The summed E-state index contributed by atoms with van der Waals surface area (Å²) in [6.45, 7) is 3.15. The second-order valence-electron chi connectivity index (χ2n) is 2.54. The van der Waals surface area contributed by atoms with Crippen molar-refractivity contribution in [1.82, 2.24) is 0 Å². The fraction of sp³-hybridized carbons (Fsp3) is 0.111. The number of rotatable bonds is 2. The zero-order chi connectivity index (χ0) is 10.9. The molecular formula is C9H5F5. The molecule has 0 saturated carbocycles. The highest BCUT2D eigenvalue weighted by atomic mass is 19.2. The van der Waals surface area contributed by atoms with E-state index in [1.165, 1.54) is 0 Å². The molecule has 0 amide bonds. The second-order valence-corrected chi connectivity index (χ2v) is 2.54. The monoisotopic (exact) mass is 208 g/mol. The van der Waals surface area contributed by atoms with Crippen LogP contribution in [0.4, 0.5) is 22.0 Å². The van der Waals surface area contributed by atoms with Gasteiger partial charge >= 0.3 is 0 Å². The third-order valence-electron chi connectivity index (χ3n) is 1.65. The summed E-state index contributed by atoms with van der Waals surface area (Å²) < 4.78 is 63.2. The van der Waals surface area contributed by atoms with E-state index in [2.05, 4.69) is 6.58 Å². The first kappa shape index (κ1) is 10.7. The lowest BCUT2D eigenvalue weighted by atomic mass is 10.1. The molecule has 14 heavy (non-hydrogen) atoms. The van der Waals surface area contributed by atoms with Gasteiger partial charge in [-0.05, 0) is 6.42 Å². The van der Waals surface area contributed by atoms with Crippen LogP contribution in [-0.4, -0.2) is 0 Å². The smallest absolute Gasteiger partial charge is 0.200 e. The lowest BCUT2D eigenvalue weighted by Crippen LogP contribution is -2.06. The maximum Gasteiger partial charge on any atom is 0.200 e. The van der Waals surface area contributed by atoms with Gasteiger partial charge in [0.15, 0.2) is 23.3 Å². The second kappa shape index (κ2) is 3.77. The summed E-state index contributed by atoms with van der Waals surface area (Å²) in [7, 11) is 0. The summed E-state index contributed by atoms with van der Waals surface area (Å²) >= 11 is 0. The predicted molar refractivity (Wildman–Crippen MR) is 40.1 cm³/mol. The first-order chi connectivity index (χ1) is 6.50. The normalized spacial score (nSPS) is 10.4. The minimum absolute atomic E-state index is 0.411. The van der Waals surface area contributed by atoms with Crippen LogP contribution < -0.4 is 0 Å². The fourth-order valence-electron chi connectivity index (χ4n) is 0.974. The molecule has 0 aliphatic rings. The topological polar surface area (TPSA) is 0 Å². The molecule has 1 aromatic carbocycles. The molecule has 0 radical (unpaired) electrons. The molecule has 0 nitrogen and oxygen atoms in total. The molecule has 76 valence electrons. The van der Waals surface area contributed by atoms with Crippen molar-refractivity contribution in [2.75, 3.05) is 0 Å². The maximum absolute atomic E-state index is 12.8. The zero-order valence-corrected chi connectivity index (χ0v) is 6.88. The van der Waals surface area contributed by atoms with Crippen LogP contribution in [0.3, 0.4) is 0 Å². The van der Waals surface area contributed by atoms with E-state index in [-0.39, 0.29) is 0 Å². The van der Waals surface area contributed by atoms with Crippen LogP contribution in [0.5, 0.6) is 0 Å². The van der Waals surface area contributed by atoms with Gasteiger partial charge in [-0.3, -0.25) is 0 Å². The molecule has 0 unspecified atom stereocenters. The Kier molecular flexibility index (Phi) is 2.88. The molecule has 0 spiro atoms. The average Bonchev–Trinajstić information content (AvgIpc) is 2.19. The van der Waals surface area contributed by atoms with Crippen LogP contribution in [-0.2, 0) is 6.42 Å². The highest BCUT2D eigenvalue weighted by molar-refractivity contribution is 5.25. The third kappa shape index (κ3) is 1.49. The van der Waals surface area contributed by atoms with E-state index < -0.39 is 41.1 Å². The lowest BCUT2D eigenvalue weighted by molar-refractivity contribution is 0.371. The van der Waals surface area contributed by atoms with Crippen molar-refractivity contribution in [2.45, 2.75) is 6.42 Å². The Morgan fingerprint density at radius 2 is 1.14 bits per heavy atom. The van der Waals surface area contributed by atoms with Crippen LogP contribution in [0.25, 0.3) is 0 Å². The molecule has 0 aromatic heterocycles. The van der Waals surface area contributed by atoms with Crippen molar-refractivity contribution in [1.29, 1.82) is 0 Å². The minimum atomic E-state index is -2.15. The van der Waals surface area contributed by atoms with E-state index in [1.54, 1.807) is 0 Å². The number of hydrogen-bond donors (Lipinski definition) is 0. The molecule has 0 atom stereocenters. The summed E-state index contributed by atoms with van der Waals surface area (Å²) in [5.41, 5.74) is -0.864. The van der Waals surface area contributed by atoms with Gasteiger partial charge in [0, 0.05) is 5.56 Å². The van der Waals surface area contributed by atoms with Gasteiger partial charge in [-0.2, -0.15) is 0 Å². The van der Waals surface area contributed by atoms with Crippen LogP contribution in [0.15, 0.2) is 12.7 Å². The molecule has 0 heterocycles. The molecule has 1 aromatic rings. The van der Waals surface area contributed by atoms with Gasteiger partial charge in [-0.1, -0.05) is 6.08 Å². The van der Waals surface area contributed by atoms with E-state index in [1.807, 2.05) is 0 Å². The Hall–Kier alpha value is -1.39. The first-order valence-electron chi connectivity index (χ1n) is 3.61. The van der Waals surface area contributed by atoms with E-state index in [4.69, 9.17) is 0 Å². The van der Waals surface area contributed by atoms with Gasteiger partial charge in [0.25, 0.3) is 0 Å². The molecule has 0 aliphatic carbocycles. The summed E-state index contributed by atoms with van der Waals surface area (Å²) in [6.07, 6.45) is 0.643. The first-order valence-corrected chi connectivity index (χ1v) is 3.61. The Labute approximate surface area is 76.7 Å². The van der Waals surface area contributed by atoms with Crippen molar-refractivity contribution >= 4 is 0 Å². The highest BCUT2D eigenvalue weighted by Crippen LogP contribution is 2.23. The van der Waals surface area contributed by atoms with Crippen molar-refractivity contribution in [2.24, 2.45) is 0 Å². The number of benzene rings is 1. The largest absolute Gasteiger partial charge is 0.203 e. The minimum Gasteiger partial charge on any atom is -0.203 e. The molecule has 0 aliphatic heterocycles. The quantitative estimate of drug-likeness (QED) is 0.303. The van der Waals surface area contributed by atoms with Crippen molar-refractivity contribution < 1.29 is 22.0 Å². The summed E-state index contributed by atoms with van der Waals surface area (Å²) in [4.78, 5) is 0. The molecule has 0 bridgehead atoms. The standard InChI is InChI=1S/C9H5F5/c1-2-3-4-5(10)7(12)9(14)8(13)6(4)11/h2H,1,3H2. The fourth-order valence-corrected chi connectivity index (χ4v) is 0.974. The Morgan fingerprint density at radius 3 is 1.50 bits per heavy atom. The SMILES string of the molecule is C=CCc1c(F)c(F)c(F)c(F)c1F. The van der Waals surface area contributed by atoms with E-state index in [0.29, 0.717) is 0 Å². The van der Waals surface area contributed by atoms with Gasteiger partial charge in [0.2, 0.25) is 5.82 Å². The van der Waals surface area contributed by atoms with Crippen molar-refractivity contribution in [3.05, 3.63) is 47.3 Å². The van der Waals surface area contributed by atoms with Gasteiger partial charge in [-0.15, -0.1) is 6.58 Å². The van der Waals surface area contributed by atoms with Crippen LogP contribution in [0, 0.1) is 29.1 Å². The van der Waals surface area contributed by atoms with Gasteiger partial charge in [-0.25, -0.2) is 22.0 Å². The summed E-state index contributed by atoms with van der Waals surface area (Å²) in [5, 5.41) is 0. The van der Waals surface area contributed by atoms with Gasteiger partial charge in [0.05, 0.1) is 0 Å². The number of allylic oxidation sites excluding steroid dienone is 1. The summed E-state index contributed by atoms with van der Waals surface area (Å²) in [6, 6.07) is 0. The predicted octanol–water partition coefficient (Wildman–Crippen LogP) is 3.11. The van der Waals surface area contributed by atoms with Crippen molar-refractivity contribution in [3.8, 4) is 0 Å². The molecular weight excluding hydrogens is 203 g/mol. The zero-order valence-electron chi connectivity index (χ0n) is 6.88. The Morgan fingerprint density at radius 1 is 0.786 bits per heavy atom. The van der Waals surface area contributed by atoms with Crippen LogP contribution in [0.1, 0.15) is 5.56 Å². The molecule has 5 heteroatoms. The highest BCUT2D eigenvalue weighted by Gasteiger charge is 2.24. The molecule has 0 N–H and O–H groups in total. The Balaban J connectivity index is 3.50. The third-order valence-corrected chi connectivity index (χ3v) is 1.65. The van der Waals surface area contributed by atoms with E-state index in [0.717, 1.165) is 6.08 Å². The van der Waals surface area contributed by atoms with Crippen LogP contribution >= 0.6 is 0 Å². The molecule has 0 fully saturated rings. The van der Waals surface area contributed by atoms with Gasteiger partial charge in [0.1, 0.15) is 0 Å². The molecule has 0 saturated heterocycles.